The average molecular weight is 413 g/mol. The molecule has 1 fully saturated rings. The zero-order chi connectivity index (χ0) is 21.1. The summed E-state index contributed by atoms with van der Waals surface area (Å²) in [5.41, 5.74) is 0.773. The number of furan rings is 1. The second-order valence-electron chi connectivity index (χ2n) is 7.28. The first-order valence-corrected chi connectivity index (χ1v) is 9.82. The van der Waals surface area contributed by atoms with E-state index in [0.29, 0.717) is 41.6 Å². The van der Waals surface area contributed by atoms with Gasteiger partial charge in [0.25, 0.3) is 5.91 Å². The molecule has 4 rings (SSSR count). The quantitative estimate of drug-likeness (QED) is 0.698. The van der Waals surface area contributed by atoms with E-state index in [9.17, 15) is 14.4 Å². The fourth-order valence-electron chi connectivity index (χ4n) is 3.61. The Balaban J connectivity index is 1.28. The van der Waals surface area contributed by atoms with Gasteiger partial charge in [-0.25, -0.2) is 0 Å². The number of nitrogens with zero attached hydrogens (tertiary/aromatic N) is 1. The van der Waals surface area contributed by atoms with E-state index < -0.39 is 0 Å². The summed E-state index contributed by atoms with van der Waals surface area (Å²) < 4.78 is 15.8. The molecular weight excluding hydrogens is 390 g/mol. The topological polar surface area (TPSA) is 110 Å². The number of carbonyl (C=O) groups is 3. The molecule has 158 valence electrons. The number of ether oxygens (including phenoxy) is 2. The average Bonchev–Trinajstić information content (AvgIpc) is 3.43. The normalized spacial score (nSPS) is 15.8. The predicted octanol–water partition coefficient (Wildman–Crippen LogP) is 2.04. The van der Waals surface area contributed by atoms with Crippen molar-refractivity contribution in [3.63, 3.8) is 0 Å². The van der Waals surface area contributed by atoms with Crippen molar-refractivity contribution in [3.05, 3.63) is 41.9 Å². The van der Waals surface area contributed by atoms with Crippen molar-refractivity contribution >= 4 is 23.3 Å². The largest absolute Gasteiger partial charge is 0.459 e. The molecule has 1 aromatic carbocycles. The summed E-state index contributed by atoms with van der Waals surface area (Å²) in [6, 6.07) is 6.66. The number of amides is 2. The van der Waals surface area contributed by atoms with Gasteiger partial charge in [-0.05, 0) is 38.0 Å². The lowest BCUT2D eigenvalue weighted by Gasteiger charge is -2.31. The number of benzene rings is 1. The van der Waals surface area contributed by atoms with Crippen LogP contribution in [0.2, 0.25) is 0 Å². The molecule has 2 aromatic rings. The lowest BCUT2D eigenvalue weighted by Crippen LogP contribution is -2.46. The Bertz CT molecular complexity index is 948. The maximum Gasteiger partial charge on any atom is 0.289 e. The second kappa shape index (κ2) is 8.58. The van der Waals surface area contributed by atoms with Crippen LogP contribution in [0.25, 0.3) is 0 Å². The minimum absolute atomic E-state index is 0.0900. The van der Waals surface area contributed by atoms with Crippen molar-refractivity contribution < 1.29 is 28.3 Å². The van der Waals surface area contributed by atoms with Crippen LogP contribution < -0.4 is 20.1 Å². The third-order valence-corrected chi connectivity index (χ3v) is 5.23. The number of Topliss-reactive ketones (excluding diaryl/α,β-unsaturated/α-hetero) is 1. The van der Waals surface area contributed by atoms with Crippen LogP contribution in [-0.4, -0.2) is 55.0 Å². The molecule has 2 N–H and O–H groups in total. The summed E-state index contributed by atoms with van der Waals surface area (Å²) >= 11 is 0. The molecule has 0 saturated carbocycles. The van der Waals surface area contributed by atoms with Gasteiger partial charge >= 0.3 is 0 Å². The van der Waals surface area contributed by atoms with Gasteiger partial charge in [0, 0.05) is 30.8 Å². The molecule has 0 aliphatic carbocycles. The molecule has 0 bridgehead atoms. The van der Waals surface area contributed by atoms with Crippen molar-refractivity contribution in [1.29, 1.82) is 0 Å². The number of ketones is 1. The standard InChI is InChI=1S/C21H23N3O6/c1-13(25)15-9-18-19(30-12-29-18)10-16(15)23-20(26)11-22-14-4-6-24(7-5-14)21(27)17-3-2-8-28-17/h2-3,8-10,14,22H,4-7,11-12H2,1H3,(H,23,26). The molecule has 2 aliphatic rings. The van der Waals surface area contributed by atoms with Crippen LogP contribution in [0.3, 0.4) is 0 Å². The summed E-state index contributed by atoms with van der Waals surface area (Å²) in [6.45, 7) is 2.81. The second-order valence-corrected chi connectivity index (χ2v) is 7.28. The number of likely N-dealkylation sites (tertiary alicyclic amines) is 1. The highest BCUT2D eigenvalue weighted by Crippen LogP contribution is 2.37. The van der Waals surface area contributed by atoms with Gasteiger partial charge in [-0.15, -0.1) is 0 Å². The Morgan fingerprint density at radius 3 is 2.53 bits per heavy atom. The van der Waals surface area contributed by atoms with Crippen LogP contribution in [0.15, 0.2) is 34.9 Å². The minimum atomic E-state index is -0.259. The summed E-state index contributed by atoms with van der Waals surface area (Å²) in [5, 5.41) is 5.99. The van der Waals surface area contributed by atoms with Crippen LogP contribution in [0, 0.1) is 0 Å². The number of piperidine rings is 1. The molecule has 0 spiro atoms. The monoisotopic (exact) mass is 413 g/mol. The highest BCUT2D eigenvalue weighted by atomic mass is 16.7. The summed E-state index contributed by atoms with van der Waals surface area (Å²) in [7, 11) is 0. The Morgan fingerprint density at radius 1 is 1.13 bits per heavy atom. The zero-order valence-corrected chi connectivity index (χ0v) is 16.6. The van der Waals surface area contributed by atoms with Crippen LogP contribution in [0.5, 0.6) is 11.5 Å². The van der Waals surface area contributed by atoms with Crippen LogP contribution in [-0.2, 0) is 4.79 Å². The SMILES string of the molecule is CC(=O)c1cc2c(cc1NC(=O)CNC1CCN(C(=O)c3ccco3)CC1)OCO2. The highest BCUT2D eigenvalue weighted by molar-refractivity contribution is 6.05. The van der Waals surface area contributed by atoms with E-state index in [4.69, 9.17) is 13.9 Å². The van der Waals surface area contributed by atoms with Gasteiger partial charge in [0.05, 0.1) is 18.5 Å². The van der Waals surface area contributed by atoms with Crippen LogP contribution >= 0.6 is 0 Å². The zero-order valence-electron chi connectivity index (χ0n) is 16.6. The molecular formula is C21H23N3O6. The fourth-order valence-corrected chi connectivity index (χ4v) is 3.61. The van der Waals surface area contributed by atoms with E-state index >= 15 is 0 Å². The van der Waals surface area contributed by atoms with Gasteiger partial charge in [-0.2, -0.15) is 0 Å². The lowest BCUT2D eigenvalue weighted by atomic mass is 10.0. The third kappa shape index (κ3) is 4.30. The lowest BCUT2D eigenvalue weighted by molar-refractivity contribution is -0.115. The van der Waals surface area contributed by atoms with Crippen molar-refractivity contribution in [2.24, 2.45) is 0 Å². The number of fused-ring (bicyclic) bond motifs is 1. The molecule has 1 aromatic heterocycles. The highest BCUT2D eigenvalue weighted by Gasteiger charge is 2.25. The minimum Gasteiger partial charge on any atom is -0.459 e. The number of anilines is 1. The molecule has 0 radical (unpaired) electrons. The number of hydrogen-bond donors (Lipinski definition) is 2. The Morgan fingerprint density at radius 2 is 1.87 bits per heavy atom. The molecule has 2 amide bonds. The van der Waals surface area contributed by atoms with Crippen molar-refractivity contribution in [2.45, 2.75) is 25.8 Å². The van der Waals surface area contributed by atoms with E-state index in [2.05, 4.69) is 10.6 Å². The van der Waals surface area contributed by atoms with Crippen molar-refractivity contribution in [3.8, 4) is 11.5 Å². The molecule has 0 atom stereocenters. The number of nitrogens with one attached hydrogen (secondary N) is 2. The van der Waals surface area contributed by atoms with E-state index in [1.54, 1.807) is 29.2 Å². The molecule has 30 heavy (non-hydrogen) atoms. The van der Waals surface area contributed by atoms with Gasteiger partial charge in [0.15, 0.2) is 23.0 Å². The van der Waals surface area contributed by atoms with Gasteiger partial charge in [0.2, 0.25) is 12.7 Å². The maximum atomic E-state index is 12.4. The van der Waals surface area contributed by atoms with E-state index in [1.165, 1.54) is 13.2 Å². The van der Waals surface area contributed by atoms with Crippen LogP contribution in [0.1, 0.15) is 40.7 Å². The fraction of sp³-hybridized carbons (Fsp3) is 0.381. The van der Waals surface area contributed by atoms with Gasteiger partial charge in [0.1, 0.15) is 0 Å². The Labute approximate surface area is 173 Å². The number of rotatable bonds is 6. The summed E-state index contributed by atoms with van der Waals surface area (Å²) in [5.74, 6) is 0.779. The predicted molar refractivity (Wildman–Crippen MR) is 107 cm³/mol. The number of hydrogen-bond acceptors (Lipinski definition) is 7. The Hall–Kier alpha value is -3.33. The molecule has 9 heteroatoms. The van der Waals surface area contributed by atoms with Gasteiger partial charge < -0.3 is 29.4 Å². The third-order valence-electron chi connectivity index (χ3n) is 5.23. The molecule has 1 saturated heterocycles. The molecule has 3 heterocycles. The van der Waals surface area contributed by atoms with E-state index in [0.717, 1.165) is 12.8 Å². The molecule has 2 aliphatic heterocycles. The molecule has 9 nitrogen and oxygen atoms in total. The van der Waals surface area contributed by atoms with Crippen LogP contribution in [0.4, 0.5) is 5.69 Å². The Kier molecular flexibility index (Phi) is 5.71. The van der Waals surface area contributed by atoms with E-state index in [-0.39, 0.29) is 37.0 Å². The summed E-state index contributed by atoms with van der Waals surface area (Å²) in [4.78, 5) is 38.4. The maximum absolute atomic E-state index is 12.4. The first-order chi connectivity index (χ1) is 14.5. The smallest absolute Gasteiger partial charge is 0.289 e. The van der Waals surface area contributed by atoms with E-state index in [1.807, 2.05) is 0 Å². The summed E-state index contributed by atoms with van der Waals surface area (Å²) in [6.07, 6.45) is 2.96. The first kappa shape index (κ1) is 20.0. The van der Waals surface area contributed by atoms with Gasteiger partial charge in [-0.3, -0.25) is 14.4 Å². The molecule has 0 unspecified atom stereocenters. The van der Waals surface area contributed by atoms with Crippen molar-refractivity contribution in [1.82, 2.24) is 10.2 Å². The van der Waals surface area contributed by atoms with Gasteiger partial charge in [-0.1, -0.05) is 0 Å². The van der Waals surface area contributed by atoms with Crippen molar-refractivity contribution in [2.75, 3.05) is 31.7 Å². The number of carbonyl (C=O) groups excluding carboxylic acids is 3. The first-order valence-electron chi connectivity index (χ1n) is 9.82.